The molecule has 0 aliphatic heterocycles. The van der Waals surface area contributed by atoms with E-state index in [1.807, 2.05) is 72.0 Å². The van der Waals surface area contributed by atoms with Crippen LogP contribution in [0.4, 0.5) is 34.1 Å². The van der Waals surface area contributed by atoms with Gasteiger partial charge in [-0.3, -0.25) is 0 Å². The van der Waals surface area contributed by atoms with E-state index in [0.29, 0.717) is 11.1 Å². The van der Waals surface area contributed by atoms with Crippen LogP contribution in [-0.2, 0) is 0 Å². The molecule has 0 saturated carbocycles. The number of thiophene rings is 1. The molecule has 0 N–H and O–H groups in total. The molecule has 8 aromatic carbocycles. The van der Waals surface area contributed by atoms with Crippen LogP contribution >= 0.6 is 11.3 Å². The van der Waals surface area contributed by atoms with Gasteiger partial charge in [-0.15, -0.1) is 11.3 Å². The summed E-state index contributed by atoms with van der Waals surface area (Å²) in [5.74, 6) is 0. The van der Waals surface area contributed by atoms with Crippen molar-refractivity contribution in [3.8, 4) is 12.1 Å². The Morgan fingerprint density at radius 1 is 0.392 bits per heavy atom. The van der Waals surface area contributed by atoms with Crippen LogP contribution in [0.15, 0.2) is 170 Å². The average Bonchev–Trinajstić information content (AvgIpc) is 3.58. The van der Waals surface area contributed by atoms with Crippen molar-refractivity contribution in [2.75, 3.05) is 9.80 Å². The number of hydrogen-bond acceptors (Lipinski definition) is 5. The van der Waals surface area contributed by atoms with E-state index >= 15 is 0 Å². The van der Waals surface area contributed by atoms with Crippen LogP contribution < -0.4 is 9.80 Å². The fraction of sp³-hybridized carbons (Fsp3) is 0. The smallest absolute Gasteiger partial charge is 0.0991 e. The molecule has 0 aliphatic carbocycles. The number of nitriles is 2. The standard InChI is InChI=1S/C46H28N4S/c47-29-31-19-23-35(24-20-31)49(33-11-3-1-4-12-33)42-27-41-45-39-17-9-7-15-37(39)43(28-44(45)51-46(41)40-18-10-8-16-38(40)42)50(34-13-5-2-6-14-34)36-25-21-32(30-48)22-26-36/h1-28H. The normalized spacial score (nSPS) is 11.1. The summed E-state index contributed by atoms with van der Waals surface area (Å²) >= 11 is 1.83. The lowest BCUT2D eigenvalue weighted by Gasteiger charge is -2.27. The fourth-order valence-corrected chi connectivity index (χ4v) is 8.44. The molecule has 0 fully saturated rings. The zero-order valence-corrected chi connectivity index (χ0v) is 28.2. The van der Waals surface area contributed by atoms with E-state index in [1.165, 1.54) is 30.9 Å². The Morgan fingerprint density at radius 3 is 1.31 bits per heavy atom. The summed E-state index contributed by atoms with van der Waals surface area (Å²) < 4.78 is 2.43. The van der Waals surface area contributed by atoms with Crippen molar-refractivity contribution in [3.05, 3.63) is 181 Å². The second-order valence-electron chi connectivity index (χ2n) is 12.4. The Bertz CT molecular complexity index is 2810. The van der Waals surface area contributed by atoms with Crippen LogP contribution in [0.3, 0.4) is 0 Å². The van der Waals surface area contributed by atoms with Gasteiger partial charge in [0.05, 0.1) is 34.6 Å². The number of benzene rings is 8. The predicted molar refractivity (Wildman–Crippen MR) is 213 cm³/mol. The SMILES string of the molecule is N#Cc1ccc(N(c2ccccc2)c2cc3c(sc4cc(N(c5ccccc5)c5ccc(C#N)cc5)c5ccccc5c43)c3ccccc23)cc1. The first-order chi connectivity index (χ1) is 25.2. The summed E-state index contributed by atoms with van der Waals surface area (Å²) in [6, 6.07) is 63.0. The van der Waals surface area contributed by atoms with Gasteiger partial charge in [0, 0.05) is 59.1 Å². The molecular formula is C46H28N4S. The van der Waals surface area contributed by atoms with E-state index < -0.39 is 0 Å². The van der Waals surface area contributed by atoms with E-state index in [1.54, 1.807) is 0 Å². The Hall–Kier alpha value is -6.92. The molecule has 0 unspecified atom stereocenters. The van der Waals surface area contributed by atoms with Gasteiger partial charge in [-0.2, -0.15) is 10.5 Å². The van der Waals surface area contributed by atoms with E-state index in [0.717, 1.165) is 44.9 Å². The maximum absolute atomic E-state index is 9.55. The van der Waals surface area contributed by atoms with E-state index in [-0.39, 0.29) is 0 Å². The molecule has 1 aromatic heterocycles. The predicted octanol–water partition coefficient (Wildman–Crippen LogP) is 13.0. The number of nitrogens with zero attached hydrogens (tertiary/aromatic N) is 4. The molecule has 238 valence electrons. The monoisotopic (exact) mass is 668 g/mol. The third kappa shape index (κ3) is 5.13. The maximum Gasteiger partial charge on any atom is 0.0991 e. The highest BCUT2D eigenvalue weighted by molar-refractivity contribution is 7.27. The van der Waals surface area contributed by atoms with Crippen LogP contribution in [0.2, 0.25) is 0 Å². The van der Waals surface area contributed by atoms with E-state index in [4.69, 9.17) is 0 Å². The summed E-state index contributed by atoms with van der Waals surface area (Å²) in [7, 11) is 0. The minimum Gasteiger partial charge on any atom is -0.310 e. The van der Waals surface area contributed by atoms with Gasteiger partial charge in [0.15, 0.2) is 0 Å². The van der Waals surface area contributed by atoms with Gasteiger partial charge in [0.2, 0.25) is 0 Å². The van der Waals surface area contributed by atoms with Crippen molar-refractivity contribution in [2.24, 2.45) is 0 Å². The van der Waals surface area contributed by atoms with Crippen molar-refractivity contribution in [2.45, 2.75) is 0 Å². The quantitative estimate of drug-likeness (QED) is 0.177. The van der Waals surface area contributed by atoms with Crippen LogP contribution in [0.5, 0.6) is 0 Å². The van der Waals surface area contributed by atoms with Crippen LogP contribution in [0, 0.1) is 22.7 Å². The van der Waals surface area contributed by atoms with Gasteiger partial charge in [0.1, 0.15) is 0 Å². The van der Waals surface area contributed by atoms with Gasteiger partial charge in [-0.05, 0) is 90.3 Å². The van der Waals surface area contributed by atoms with Crippen LogP contribution in [0.25, 0.3) is 41.7 Å². The van der Waals surface area contributed by atoms with Crippen LogP contribution in [-0.4, -0.2) is 0 Å². The molecule has 9 rings (SSSR count). The first-order valence-electron chi connectivity index (χ1n) is 16.7. The van der Waals surface area contributed by atoms with Crippen molar-refractivity contribution in [1.29, 1.82) is 10.5 Å². The van der Waals surface area contributed by atoms with Crippen LogP contribution in [0.1, 0.15) is 11.1 Å². The number of hydrogen-bond donors (Lipinski definition) is 0. The zero-order valence-electron chi connectivity index (χ0n) is 27.4. The van der Waals surface area contributed by atoms with Crippen molar-refractivity contribution in [1.82, 2.24) is 0 Å². The first-order valence-corrected chi connectivity index (χ1v) is 17.5. The van der Waals surface area contributed by atoms with Crippen molar-refractivity contribution < 1.29 is 0 Å². The molecule has 0 radical (unpaired) electrons. The molecule has 4 nitrogen and oxygen atoms in total. The highest BCUT2D eigenvalue weighted by Crippen LogP contribution is 2.50. The van der Waals surface area contributed by atoms with Crippen molar-refractivity contribution >= 4 is 87.2 Å². The second-order valence-corrected chi connectivity index (χ2v) is 13.4. The number of fused-ring (bicyclic) bond motifs is 7. The fourth-order valence-electron chi connectivity index (χ4n) is 7.17. The zero-order chi connectivity index (χ0) is 34.3. The van der Waals surface area contributed by atoms with Gasteiger partial charge in [0.25, 0.3) is 0 Å². The number of rotatable bonds is 6. The first kappa shape index (κ1) is 30.2. The van der Waals surface area contributed by atoms with Gasteiger partial charge >= 0.3 is 0 Å². The number of anilines is 6. The summed E-state index contributed by atoms with van der Waals surface area (Å²) in [5, 5.41) is 26.2. The third-order valence-electron chi connectivity index (χ3n) is 9.46. The summed E-state index contributed by atoms with van der Waals surface area (Å²) in [5.41, 5.74) is 7.46. The highest BCUT2D eigenvalue weighted by atomic mass is 32.1. The van der Waals surface area contributed by atoms with Gasteiger partial charge < -0.3 is 9.80 Å². The Balaban J connectivity index is 1.36. The van der Waals surface area contributed by atoms with E-state index in [2.05, 4.69) is 131 Å². The second kappa shape index (κ2) is 12.5. The highest BCUT2D eigenvalue weighted by Gasteiger charge is 2.23. The molecule has 0 aliphatic rings. The Kier molecular flexibility index (Phi) is 7.40. The molecule has 0 spiro atoms. The molecule has 9 aromatic rings. The molecule has 0 bridgehead atoms. The molecule has 0 saturated heterocycles. The van der Waals surface area contributed by atoms with E-state index in [9.17, 15) is 10.5 Å². The lowest BCUT2D eigenvalue weighted by atomic mass is 9.98. The lowest BCUT2D eigenvalue weighted by molar-refractivity contribution is 1.30. The molecule has 5 heteroatoms. The number of para-hydroxylation sites is 2. The Labute approximate surface area is 299 Å². The summed E-state index contributed by atoms with van der Waals surface area (Å²) in [6.07, 6.45) is 0. The lowest BCUT2D eigenvalue weighted by Crippen LogP contribution is -2.10. The molecule has 0 amide bonds. The molecule has 0 atom stereocenters. The molecular weight excluding hydrogens is 641 g/mol. The third-order valence-corrected chi connectivity index (χ3v) is 10.6. The van der Waals surface area contributed by atoms with Crippen molar-refractivity contribution in [3.63, 3.8) is 0 Å². The van der Waals surface area contributed by atoms with Gasteiger partial charge in [-0.1, -0.05) is 84.9 Å². The summed E-state index contributed by atoms with van der Waals surface area (Å²) in [6.45, 7) is 0. The largest absolute Gasteiger partial charge is 0.310 e. The average molecular weight is 669 g/mol. The minimum atomic E-state index is 0.628. The molecule has 51 heavy (non-hydrogen) atoms. The molecule has 1 heterocycles. The topological polar surface area (TPSA) is 54.1 Å². The summed E-state index contributed by atoms with van der Waals surface area (Å²) in [4.78, 5) is 4.59. The Morgan fingerprint density at radius 2 is 0.804 bits per heavy atom. The van der Waals surface area contributed by atoms with Gasteiger partial charge in [-0.25, -0.2) is 0 Å². The maximum atomic E-state index is 9.55. The minimum absolute atomic E-state index is 0.628.